The molecule has 0 bridgehead atoms. The fraction of sp³-hybridized carbons (Fsp3) is 0.235. The van der Waals surface area contributed by atoms with E-state index in [0.29, 0.717) is 16.1 Å². The number of benzene rings is 2. The second-order valence-electron chi connectivity index (χ2n) is 5.95. The van der Waals surface area contributed by atoms with Crippen LogP contribution >= 0.6 is 27.5 Å². The molecule has 152 valence electrons. The third-order valence-electron chi connectivity index (χ3n) is 3.67. The van der Waals surface area contributed by atoms with Gasteiger partial charge in [0.25, 0.3) is 0 Å². The van der Waals surface area contributed by atoms with Crippen LogP contribution in [0.4, 0.5) is 24.5 Å². The molecule has 0 heterocycles. The molecule has 0 saturated carbocycles. The van der Waals surface area contributed by atoms with E-state index < -0.39 is 39.9 Å². The number of nitrogens with zero attached hydrogens (tertiary/aromatic N) is 1. The summed E-state index contributed by atoms with van der Waals surface area (Å²) in [6.45, 7) is 1.06. The van der Waals surface area contributed by atoms with Crippen LogP contribution in [0.1, 0.15) is 11.1 Å². The molecule has 0 aliphatic carbocycles. The first kappa shape index (κ1) is 22.5. The first-order valence-corrected chi connectivity index (χ1v) is 10.7. The second kappa shape index (κ2) is 8.30. The molecule has 0 aromatic heterocycles. The second-order valence-corrected chi connectivity index (χ2v) is 9.11. The highest BCUT2D eigenvalue weighted by Gasteiger charge is 2.33. The minimum absolute atomic E-state index is 0.231. The van der Waals surface area contributed by atoms with Crippen molar-refractivity contribution in [1.29, 1.82) is 0 Å². The van der Waals surface area contributed by atoms with Gasteiger partial charge in [0.1, 0.15) is 6.54 Å². The molecule has 2 aromatic rings. The van der Waals surface area contributed by atoms with Crippen molar-refractivity contribution in [3.05, 3.63) is 57.0 Å². The lowest BCUT2D eigenvalue weighted by Gasteiger charge is -2.24. The zero-order chi connectivity index (χ0) is 21.3. The predicted molar refractivity (Wildman–Crippen MR) is 106 cm³/mol. The standard InChI is InChI=1S/C17H15BrClF3N2O3S/c1-10-7-12(4-5-13(10)18)23-16(25)9-24(28(2,26)27)15-8-11(17(20,21)22)3-6-14(15)19/h3-8H,9H2,1-2H3,(H,23,25). The number of amides is 1. The Hall–Kier alpha value is -1.78. The lowest BCUT2D eigenvalue weighted by molar-refractivity contribution is -0.137. The van der Waals surface area contributed by atoms with E-state index >= 15 is 0 Å². The Bertz CT molecular complexity index is 1010. The van der Waals surface area contributed by atoms with Gasteiger partial charge >= 0.3 is 6.18 Å². The average molecular weight is 500 g/mol. The molecule has 2 aromatic carbocycles. The van der Waals surface area contributed by atoms with Crippen LogP contribution in [-0.2, 0) is 21.0 Å². The summed E-state index contributed by atoms with van der Waals surface area (Å²) >= 11 is 9.23. The molecule has 28 heavy (non-hydrogen) atoms. The van der Waals surface area contributed by atoms with Gasteiger partial charge in [-0.2, -0.15) is 13.2 Å². The third kappa shape index (κ3) is 5.62. The van der Waals surface area contributed by atoms with E-state index in [1.807, 2.05) is 0 Å². The van der Waals surface area contributed by atoms with Crippen LogP contribution in [0, 0.1) is 6.92 Å². The summed E-state index contributed by atoms with van der Waals surface area (Å²) in [7, 11) is -4.09. The molecular formula is C17H15BrClF3N2O3S. The Kier molecular flexibility index (Phi) is 6.67. The number of aryl methyl sites for hydroxylation is 1. The van der Waals surface area contributed by atoms with Gasteiger partial charge in [-0.25, -0.2) is 8.42 Å². The molecule has 0 saturated heterocycles. The molecule has 1 amide bonds. The van der Waals surface area contributed by atoms with Crippen LogP contribution in [0.15, 0.2) is 40.9 Å². The Morgan fingerprint density at radius 3 is 2.39 bits per heavy atom. The number of alkyl halides is 3. The summed E-state index contributed by atoms with van der Waals surface area (Å²) in [6, 6.07) is 7.22. The highest BCUT2D eigenvalue weighted by molar-refractivity contribution is 9.10. The van der Waals surface area contributed by atoms with Crippen molar-refractivity contribution in [2.24, 2.45) is 0 Å². The Balaban J connectivity index is 2.35. The van der Waals surface area contributed by atoms with E-state index in [2.05, 4.69) is 21.2 Å². The minimum atomic E-state index is -4.69. The number of carbonyl (C=O) groups excluding carboxylic acids is 1. The van der Waals surface area contributed by atoms with Crippen LogP contribution in [0.25, 0.3) is 0 Å². The van der Waals surface area contributed by atoms with Crippen LogP contribution in [0.5, 0.6) is 0 Å². The highest BCUT2D eigenvalue weighted by atomic mass is 79.9. The van der Waals surface area contributed by atoms with E-state index in [-0.39, 0.29) is 5.02 Å². The van der Waals surface area contributed by atoms with E-state index in [4.69, 9.17) is 11.6 Å². The Morgan fingerprint density at radius 2 is 1.86 bits per heavy atom. The number of rotatable bonds is 5. The van der Waals surface area contributed by atoms with Crippen molar-refractivity contribution in [2.75, 3.05) is 22.4 Å². The van der Waals surface area contributed by atoms with Crippen molar-refractivity contribution in [3.8, 4) is 0 Å². The predicted octanol–water partition coefficient (Wildman–Crippen LogP) is 4.83. The maximum absolute atomic E-state index is 13.0. The molecule has 0 aliphatic heterocycles. The van der Waals surface area contributed by atoms with Gasteiger partial charge in [-0.3, -0.25) is 9.10 Å². The summed E-state index contributed by atoms with van der Waals surface area (Å²) in [4.78, 5) is 12.3. The van der Waals surface area contributed by atoms with Gasteiger partial charge in [-0.1, -0.05) is 27.5 Å². The monoisotopic (exact) mass is 498 g/mol. The van der Waals surface area contributed by atoms with Crippen molar-refractivity contribution >= 4 is 54.8 Å². The fourth-order valence-corrected chi connectivity index (χ4v) is 3.69. The molecule has 0 aliphatic rings. The maximum Gasteiger partial charge on any atom is 0.416 e. The minimum Gasteiger partial charge on any atom is -0.325 e. The first-order valence-electron chi connectivity index (χ1n) is 7.69. The summed E-state index contributed by atoms with van der Waals surface area (Å²) < 4.78 is 64.6. The lowest BCUT2D eigenvalue weighted by atomic mass is 10.2. The molecule has 0 radical (unpaired) electrons. The molecule has 0 atom stereocenters. The number of hydrogen-bond donors (Lipinski definition) is 1. The number of halogens is 5. The van der Waals surface area contributed by atoms with Gasteiger partial charge in [-0.15, -0.1) is 0 Å². The van der Waals surface area contributed by atoms with Gasteiger partial charge in [0, 0.05) is 10.2 Å². The maximum atomic E-state index is 13.0. The highest BCUT2D eigenvalue weighted by Crippen LogP contribution is 2.36. The van der Waals surface area contributed by atoms with Crippen molar-refractivity contribution < 1.29 is 26.4 Å². The van der Waals surface area contributed by atoms with Gasteiger partial charge < -0.3 is 5.32 Å². The van der Waals surface area contributed by atoms with Gasteiger partial charge in [0.2, 0.25) is 15.9 Å². The van der Waals surface area contributed by atoms with E-state index in [1.165, 1.54) is 0 Å². The normalized spacial score (nSPS) is 12.0. The van der Waals surface area contributed by atoms with Crippen LogP contribution in [-0.4, -0.2) is 27.1 Å². The number of sulfonamides is 1. The summed E-state index contributed by atoms with van der Waals surface area (Å²) in [5.74, 6) is -0.736. The molecule has 0 unspecified atom stereocenters. The van der Waals surface area contributed by atoms with E-state index in [1.54, 1.807) is 25.1 Å². The Labute approximate surface area is 173 Å². The quantitative estimate of drug-likeness (QED) is 0.641. The van der Waals surface area contributed by atoms with Crippen LogP contribution in [0.2, 0.25) is 5.02 Å². The topological polar surface area (TPSA) is 66.5 Å². The average Bonchev–Trinajstić information content (AvgIpc) is 2.55. The van der Waals surface area contributed by atoms with Gasteiger partial charge in [0.15, 0.2) is 0 Å². The third-order valence-corrected chi connectivity index (χ3v) is 6.01. The molecule has 1 N–H and O–H groups in total. The van der Waals surface area contributed by atoms with Crippen molar-refractivity contribution in [3.63, 3.8) is 0 Å². The Morgan fingerprint density at radius 1 is 1.21 bits per heavy atom. The van der Waals surface area contributed by atoms with Crippen molar-refractivity contribution in [1.82, 2.24) is 0 Å². The lowest BCUT2D eigenvalue weighted by Crippen LogP contribution is -2.37. The zero-order valence-corrected chi connectivity index (χ0v) is 17.8. The molecular weight excluding hydrogens is 485 g/mol. The summed E-state index contributed by atoms with van der Waals surface area (Å²) in [6.07, 6.45) is -3.92. The van der Waals surface area contributed by atoms with Crippen LogP contribution in [0.3, 0.4) is 0 Å². The van der Waals surface area contributed by atoms with Crippen molar-refractivity contribution in [2.45, 2.75) is 13.1 Å². The molecule has 2 rings (SSSR count). The zero-order valence-electron chi connectivity index (χ0n) is 14.6. The number of nitrogens with one attached hydrogen (secondary N) is 1. The molecule has 5 nitrogen and oxygen atoms in total. The van der Waals surface area contributed by atoms with Gasteiger partial charge in [0.05, 0.1) is 22.5 Å². The number of hydrogen-bond acceptors (Lipinski definition) is 3. The first-order chi connectivity index (χ1) is 12.8. The SMILES string of the molecule is Cc1cc(NC(=O)CN(c2cc(C(F)(F)F)ccc2Cl)S(C)(=O)=O)ccc1Br. The van der Waals surface area contributed by atoms with Crippen LogP contribution < -0.4 is 9.62 Å². The summed E-state index contributed by atoms with van der Waals surface area (Å²) in [5.41, 5.74) is -0.265. The summed E-state index contributed by atoms with van der Waals surface area (Å²) in [5, 5.41) is 2.28. The number of anilines is 2. The largest absolute Gasteiger partial charge is 0.416 e. The molecule has 0 spiro atoms. The van der Waals surface area contributed by atoms with E-state index in [0.717, 1.165) is 28.4 Å². The molecule has 0 fully saturated rings. The molecule has 11 heteroatoms. The van der Waals surface area contributed by atoms with E-state index in [9.17, 15) is 26.4 Å². The number of carbonyl (C=O) groups is 1. The fourth-order valence-electron chi connectivity index (χ4n) is 2.31. The smallest absolute Gasteiger partial charge is 0.325 e. The van der Waals surface area contributed by atoms with Gasteiger partial charge in [-0.05, 0) is 48.9 Å².